The van der Waals surface area contributed by atoms with Crippen molar-refractivity contribution in [2.45, 2.75) is 45.4 Å². The van der Waals surface area contributed by atoms with E-state index >= 15 is 0 Å². The van der Waals surface area contributed by atoms with Crippen LogP contribution in [0.25, 0.3) is 5.78 Å². The molecule has 100 valence electrons. The van der Waals surface area contributed by atoms with Gasteiger partial charge in [0.05, 0.1) is 5.92 Å². The van der Waals surface area contributed by atoms with Crippen LogP contribution in [0.5, 0.6) is 0 Å². The molecule has 1 saturated carbocycles. The normalized spacial score (nSPS) is 16.8. The monoisotopic (exact) mass is 260 g/mol. The molecule has 2 heterocycles. The van der Waals surface area contributed by atoms with E-state index in [0.717, 1.165) is 35.6 Å². The molecule has 6 heteroatoms. The second kappa shape index (κ2) is 4.01. The first-order valence-corrected chi connectivity index (χ1v) is 6.45. The summed E-state index contributed by atoms with van der Waals surface area (Å²) >= 11 is 0. The van der Waals surface area contributed by atoms with Crippen molar-refractivity contribution < 1.29 is 9.90 Å². The van der Waals surface area contributed by atoms with Gasteiger partial charge in [-0.25, -0.2) is 9.50 Å². The van der Waals surface area contributed by atoms with Crippen LogP contribution in [0.15, 0.2) is 0 Å². The first kappa shape index (κ1) is 12.1. The highest BCUT2D eigenvalue weighted by Crippen LogP contribution is 2.38. The van der Waals surface area contributed by atoms with Crippen LogP contribution in [0.4, 0.5) is 0 Å². The Kier molecular flexibility index (Phi) is 2.55. The lowest BCUT2D eigenvalue weighted by atomic mass is 9.98. The van der Waals surface area contributed by atoms with Crippen LogP contribution in [0.1, 0.15) is 54.4 Å². The van der Waals surface area contributed by atoms with E-state index in [9.17, 15) is 9.90 Å². The van der Waals surface area contributed by atoms with E-state index < -0.39 is 11.9 Å². The number of aliphatic carboxylic acids is 1. The number of hydrogen-bond acceptors (Lipinski definition) is 4. The van der Waals surface area contributed by atoms with Crippen LogP contribution < -0.4 is 0 Å². The lowest BCUT2D eigenvalue weighted by Crippen LogP contribution is -2.14. The molecule has 1 aliphatic carbocycles. The second-order valence-corrected chi connectivity index (χ2v) is 5.21. The minimum absolute atomic E-state index is 0.460. The molecule has 0 aliphatic heterocycles. The Balaban J connectivity index is 2.20. The zero-order valence-electron chi connectivity index (χ0n) is 11.2. The molecule has 0 saturated heterocycles. The number of rotatable bonds is 3. The van der Waals surface area contributed by atoms with Gasteiger partial charge in [-0.1, -0.05) is 0 Å². The van der Waals surface area contributed by atoms with E-state index in [0.29, 0.717) is 11.7 Å². The van der Waals surface area contributed by atoms with Crippen LogP contribution in [0.3, 0.4) is 0 Å². The van der Waals surface area contributed by atoms with Gasteiger partial charge in [0, 0.05) is 22.9 Å². The smallest absolute Gasteiger partial charge is 0.310 e. The van der Waals surface area contributed by atoms with Gasteiger partial charge in [0.15, 0.2) is 5.82 Å². The number of aromatic nitrogens is 4. The summed E-state index contributed by atoms with van der Waals surface area (Å²) in [5.41, 5.74) is 2.26. The molecule has 19 heavy (non-hydrogen) atoms. The van der Waals surface area contributed by atoms with Gasteiger partial charge in [-0.05, 0) is 33.6 Å². The van der Waals surface area contributed by atoms with Crippen molar-refractivity contribution in [2.75, 3.05) is 0 Å². The summed E-state index contributed by atoms with van der Waals surface area (Å²) in [6, 6.07) is 0. The molecule has 0 bridgehead atoms. The van der Waals surface area contributed by atoms with Crippen molar-refractivity contribution in [1.29, 1.82) is 0 Å². The third-order valence-corrected chi connectivity index (χ3v) is 3.72. The zero-order chi connectivity index (χ0) is 13.7. The highest BCUT2D eigenvalue weighted by Gasteiger charge is 2.29. The first-order valence-electron chi connectivity index (χ1n) is 6.45. The molecule has 3 rings (SSSR count). The van der Waals surface area contributed by atoms with Gasteiger partial charge in [0.25, 0.3) is 5.78 Å². The Labute approximate surface area is 110 Å². The maximum absolute atomic E-state index is 11.2. The van der Waals surface area contributed by atoms with Gasteiger partial charge >= 0.3 is 5.97 Å². The van der Waals surface area contributed by atoms with Crippen LogP contribution in [-0.2, 0) is 4.79 Å². The predicted octanol–water partition coefficient (Wildman–Crippen LogP) is 1.81. The van der Waals surface area contributed by atoms with Gasteiger partial charge in [-0.2, -0.15) is 4.98 Å². The highest BCUT2D eigenvalue weighted by atomic mass is 16.4. The molecule has 0 amide bonds. The number of aryl methyl sites for hydroxylation is 2. The standard InChI is InChI=1S/C13H16N4O2/c1-6(12(18)19)10-7(2)14-13-15-11(9-4-5-9)16-17(13)8(10)3/h6,9H,4-5H2,1-3H3,(H,18,19). The van der Waals surface area contributed by atoms with Crippen LogP contribution >= 0.6 is 0 Å². The van der Waals surface area contributed by atoms with Gasteiger partial charge in [0.1, 0.15) is 0 Å². The molecular formula is C13H16N4O2. The fraction of sp³-hybridized carbons (Fsp3) is 0.538. The molecule has 1 aliphatic rings. The van der Waals surface area contributed by atoms with Crippen molar-refractivity contribution >= 4 is 11.7 Å². The number of carbonyl (C=O) groups is 1. The molecule has 2 aromatic rings. The number of nitrogens with zero attached hydrogens (tertiary/aromatic N) is 4. The first-order chi connectivity index (χ1) is 8.99. The van der Waals surface area contributed by atoms with E-state index in [2.05, 4.69) is 15.1 Å². The fourth-order valence-corrected chi connectivity index (χ4v) is 2.47. The van der Waals surface area contributed by atoms with Crippen LogP contribution in [-0.4, -0.2) is 30.7 Å². The minimum atomic E-state index is -0.852. The van der Waals surface area contributed by atoms with E-state index in [1.165, 1.54) is 0 Å². The number of hydrogen-bond donors (Lipinski definition) is 1. The third-order valence-electron chi connectivity index (χ3n) is 3.72. The molecule has 2 aromatic heterocycles. The summed E-state index contributed by atoms with van der Waals surface area (Å²) in [6.07, 6.45) is 2.26. The zero-order valence-corrected chi connectivity index (χ0v) is 11.2. The van der Waals surface area contributed by atoms with E-state index in [4.69, 9.17) is 0 Å². The molecule has 6 nitrogen and oxygen atoms in total. The second-order valence-electron chi connectivity index (χ2n) is 5.21. The van der Waals surface area contributed by atoms with E-state index in [1.54, 1.807) is 11.4 Å². The molecule has 1 fully saturated rings. The number of carboxylic acids is 1. The molecule has 0 spiro atoms. The topological polar surface area (TPSA) is 80.4 Å². The van der Waals surface area contributed by atoms with Gasteiger partial charge < -0.3 is 5.11 Å². The van der Waals surface area contributed by atoms with Crippen LogP contribution in [0.2, 0.25) is 0 Å². The van der Waals surface area contributed by atoms with E-state index in [-0.39, 0.29) is 0 Å². The molecular weight excluding hydrogens is 244 g/mol. The average Bonchev–Trinajstić information content (AvgIpc) is 3.10. The fourth-order valence-electron chi connectivity index (χ4n) is 2.47. The predicted molar refractivity (Wildman–Crippen MR) is 68.3 cm³/mol. The van der Waals surface area contributed by atoms with Crippen molar-refractivity contribution in [2.24, 2.45) is 0 Å². The maximum Gasteiger partial charge on any atom is 0.310 e. The van der Waals surface area contributed by atoms with E-state index in [1.807, 2.05) is 13.8 Å². The van der Waals surface area contributed by atoms with Gasteiger partial charge in [-0.15, -0.1) is 5.10 Å². The largest absolute Gasteiger partial charge is 0.481 e. The molecule has 0 aromatic carbocycles. The van der Waals surface area contributed by atoms with Gasteiger partial charge in [0.2, 0.25) is 0 Å². The summed E-state index contributed by atoms with van der Waals surface area (Å²) in [4.78, 5) is 20.0. The number of fused-ring (bicyclic) bond motifs is 1. The Morgan fingerprint density at radius 1 is 1.37 bits per heavy atom. The SMILES string of the molecule is Cc1nc2nc(C3CC3)nn2c(C)c1C(C)C(=O)O. The summed E-state index contributed by atoms with van der Waals surface area (Å²) in [7, 11) is 0. The Morgan fingerprint density at radius 3 is 2.63 bits per heavy atom. The lowest BCUT2D eigenvalue weighted by molar-refractivity contribution is -0.138. The quantitative estimate of drug-likeness (QED) is 0.910. The highest BCUT2D eigenvalue weighted by molar-refractivity contribution is 5.76. The molecule has 1 atom stereocenters. The Morgan fingerprint density at radius 2 is 2.05 bits per heavy atom. The van der Waals surface area contributed by atoms with Gasteiger partial charge in [-0.3, -0.25) is 4.79 Å². The minimum Gasteiger partial charge on any atom is -0.481 e. The van der Waals surface area contributed by atoms with Crippen molar-refractivity contribution in [3.8, 4) is 0 Å². The van der Waals surface area contributed by atoms with Crippen molar-refractivity contribution in [3.05, 3.63) is 22.8 Å². The third kappa shape index (κ3) is 1.87. The average molecular weight is 260 g/mol. The van der Waals surface area contributed by atoms with Crippen molar-refractivity contribution in [3.63, 3.8) is 0 Å². The maximum atomic E-state index is 11.2. The number of carboxylic acid groups (broad SMARTS) is 1. The summed E-state index contributed by atoms with van der Waals surface area (Å²) in [5.74, 6) is 0.412. The Bertz CT molecular complexity index is 673. The van der Waals surface area contributed by atoms with Crippen LogP contribution in [0, 0.1) is 13.8 Å². The summed E-state index contributed by atoms with van der Waals surface area (Å²) in [5, 5.41) is 13.7. The van der Waals surface area contributed by atoms with Crippen molar-refractivity contribution in [1.82, 2.24) is 19.6 Å². The molecule has 1 N–H and O–H groups in total. The summed E-state index contributed by atoms with van der Waals surface area (Å²) in [6.45, 7) is 5.37. The summed E-state index contributed by atoms with van der Waals surface area (Å²) < 4.78 is 1.68. The lowest BCUT2D eigenvalue weighted by Gasteiger charge is -2.13. The molecule has 1 unspecified atom stereocenters. The Hall–Kier alpha value is -1.98. The molecule has 0 radical (unpaired) electrons.